The summed E-state index contributed by atoms with van der Waals surface area (Å²) >= 11 is 0.945. The van der Waals surface area contributed by atoms with E-state index in [9.17, 15) is 8.42 Å². The fourth-order valence-corrected chi connectivity index (χ4v) is 3.53. The van der Waals surface area contributed by atoms with Crippen molar-refractivity contribution in [3.8, 4) is 10.8 Å². The number of rotatable bonds is 5. The van der Waals surface area contributed by atoms with Crippen LogP contribution in [0.1, 0.15) is 0 Å². The van der Waals surface area contributed by atoms with Gasteiger partial charge in [0.2, 0.25) is 5.06 Å². The van der Waals surface area contributed by atoms with Gasteiger partial charge < -0.3 is 15.4 Å². The maximum Gasteiger partial charge on any atom is 0.293 e. The third-order valence-electron chi connectivity index (χ3n) is 2.33. The van der Waals surface area contributed by atoms with Crippen LogP contribution in [-0.2, 0) is 10.0 Å². The van der Waals surface area contributed by atoms with Crippen molar-refractivity contribution < 1.29 is 13.2 Å². The van der Waals surface area contributed by atoms with Crippen molar-refractivity contribution in [2.75, 3.05) is 19.8 Å². The summed E-state index contributed by atoms with van der Waals surface area (Å²) in [6, 6.07) is 10.4. The molecule has 0 atom stereocenters. The second-order valence-corrected chi connectivity index (χ2v) is 7.26. The summed E-state index contributed by atoms with van der Waals surface area (Å²) in [4.78, 5) is 1.54. The Labute approximate surface area is 127 Å². The molecule has 2 N–H and O–H groups in total. The molecular weight excluding hydrogens is 310 g/mol. The molecule has 0 aliphatic carbocycles. The minimum absolute atomic E-state index is 0.0454. The number of hydrogen-bond acceptors (Lipinski definition) is 5. The highest BCUT2D eigenvalue weighted by molar-refractivity contribution is 7.92. The number of nitrogens with zero attached hydrogens (tertiary/aromatic N) is 2. The molecule has 2 rings (SSSR count). The molecule has 112 valence electrons. The van der Waals surface area contributed by atoms with Crippen LogP contribution in [0.2, 0.25) is 0 Å². The van der Waals surface area contributed by atoms with Crippen molar-refractivity contribution in [1.29, 1.82) is 0 Å². The molecule has 0 saturated heterocycles. The minimum Gasteiger partial charge on any atom is -0.444 e. The molecule has 0 aliphatic rings. The molecule has 0 spiro atoms. The number of benzene rings is 1. The molecule has 0 saturated carbocycles. The van der Waals surface area contributed by atoms with Crippen molar-refractivity contribution in [3.63, 3.8) is 0 Å². The number of thiophene rings is 1. The van der Waals surface area contributed by atoms with Crippen LogP contribution in [0.25, 0.3) is 0 Å². The Kier molecular flexibility index (Phi) is 4.49. The Bertz CT molecular complexity index is 737. The van der Waals surface area contributed by atoms with Gasteiger partial charge in [-0.2, -0.15) is 8.42 Å². The van der Waals surface area contributed by atoms with Crippen LogP contribution in [0.4, 0.5) is 5.69 Å². The molecule has 2 aromatic rings. The Morgan fingerprint density at radius 2 is 1.95 bits per heavy atom. The maximum atomic E-state index is 12.0. The number of nitrogens with two attached hydrogens (primary N) is 1. The van der Waals surface area contributed by atoms with Crippen LogP contribution >= 0.6 is 11.3 Å². The molecule has 0 amide bonds. The van der Waals surface area contributed by atoms with E-state index in [-0.39, 0.29) is 9.90 Å². The predicted molar refractivity (Wildman–Crippen MR) is 84.6 cm³/mol. The van der Waals surface area contributed by atoms with Crippen molar-refractivity contribution >= 4 is 33.4 Å². The van der Waals surface area contributed by atoms with E-state index in [2.05, 4.69) is 4.40 Å². The van der Waals surface area contributed by atoms with Gasteiger partial charge in [0.15, 0.2) is 0 Å². The molecule has 1 aromatic heterocycles. The van der Waals surface area contributed by atoms with Crippen molar-refractivity contribution in [1.82, 2.24) is 4.90 Å². The average molecular weight is 325 g/mol. The molecule has 0 aliphatic heterocycles. The van der Waals surface area contributed by atoms with E-state index < -0.39 is 10.0 Å². The van der Waals surface area contributed by atoms with Gasteiger partial charge in [-0.3, -0.25) is 0 Å². The fraction of sp³-hybridized carbons (Fsp3) is 0.154. The Morgan fingerprint density at radius 3 is 2.57 bits per heavy atom. The lowest BCUT2D eigenvalue weighted by Gasteiger charge is -2.03. The van der Waals surface area contributed by atoms with E-state index >= 15 is 0 Å². The fourth-order valence-electron chi connectivity index (χ4n) is 1.38. The maximum absolute atomic E-state index is 12.0. The van der Waals surface area contributed by atoms with E-state index in [1.807, 2.05) is 18.2 Å². The molecule has 0 unspecified atom stereocenters. The van der Waals surface area contributed by atoms with Crippen LogP contribution in [-0.4, -0.2) is 33.8 Å². The monoisotopic (exact) mass is 325 g/mol. The molecule has 8 heteroatoms. The highest BCUT2D eigenvalue weighted by Gasteiger charge is 2.19. The highest BCUT2D eigenvalue weighted by Crippen LogP contribution is 2.39. The number of hydrogen-bond donors (Lipinski definition) is 1. The van der Waals surface area contributed by atoms with E-state index in [1.54, 1.807) is 26.2 Å². The first-order chi connectivity index (χ1) is 9.88. The van der Waals surface area contributed by atoms with Crippen LogP contribution in [0.3, 0.4) is 0 Å². The van der Waals surface area contributed by atoms with Crippen LogP contribution in [0, 0.1) is 0 Å². The third-order valence-corrected chi connectivity index (χ3v) is 5.03. The second kappa shape index (κ2) is 6.15. The molecule has 1 heterocycles. The van der Waals surface area contributed by atoms with Crippen molar-refractivity contribution in [2.45, 2.75) is 4.21 Å². The lowest BCUT2D eigenvalue weighted by molar-refractivity contribution is 0.499. The standard InChI is InChI=1S/C13H15N3O3S2/c1-16(2)9-15-21(17,18)12-8-11(14)13(20-12)19-10-6-4-3-5-7-10/h3-9H,14H2,1-2H3. The quantitative estimate of drug-likeness (QED) is 0.674. The normalized spacial score (nSPS) is 11.7. The second-order valence-electron chi connectivity index (χ2n) is 4.38. The van der Waals surface area contributed by atoms with Gasteiger partial charge in [0, 0.05) is 14.1 Å². The lowest BCUT2D eigenvalue weighted by Crippen LogP contribution is -2.09. The summed E-state index contributed by atoms with van der Waals surface area (Å²) in [6.07, 6.45) is 1.23. The molecule has 1 aromatic carbocycles. The van der Waals surface area contributed by atoms with Gasteiger partial charge in [-0.15, -0.1) is 4.40 Å². The number of anilines is 1. The molecule has 0 fully saturated rings. The summed E-state index contributed by atoms with van der Waals surface area (Å²) in [5, 5.41) is 0.333. The highest BCUT2D eigenvalue weighted by atomic mass is 32.2. The average Bonchev–Trinajstić information content (AvgIpc) is 2.80. The zero-order valence-corrected chi connectivity index (χ0v) is 13.2. The smallest absolute Gasteiger partial charge is 0.293 e. The van der Waals surface area contributed by atoms with Gasteiger partial charge in [-0.1, -0.05) is 29.5 Å². The van der Waals surface area contributed by atoms with Crippen LogP contribution < -0.4 is 10.5 Å². The third kappa shape index (κ3) is 3.96. The number of sulfonamides is 1. The summed E-state index contributed by atoms with van der Waals surface area (Å²) in [7, 11) is -0.390. The predicted octanol–water partition coefficient (Wildman–Crippen LogP) is 2.40. The first-order valence-corrected chi connectivity index (χ1v) is 8.23. The van der Waals surface area contributed by atoms with Crippen molar-refractivity contribution in [3.05, 3.63) is 36.4 Å². The van der Waals surface area contributed by atoms with E-state index in [4.69, 9.17) is 10.5 Å². The molecule has 0 radical (unpaired) electrons. The molecular formula is C13H15N3O3S2. The zero-order chi connectivity index (χ0) is 15.5. The van der Waals surface area contributed by atoms with Gasteiger partial charge >= 0.3 is 0 Å². The summed E-state index contributed by atoms with van der Waals surface area (Å²) in [6.45, 7) is 0. The summed E-state index contributed by atoms with van der Waals surface area (Å²) in [5.41, 5.74) is 6.07. The first-order valence-electron chi connectivity index (χ1n) is 5.97. The topological polar surface area (TPSA) is 85.0 Å². The first kappa shape index (κ1) is 15.3. The molecule has 0 bridgehead atoms. The Morgan fingerprint density at radius 1 is 1.29 bits per heavy atom. The number of para-hydroxylation sites is 1. The van der Waals surface area contributed by atoms with Crippen molar-refractivity contribution in [2.24, 2.45) is 4.40 Å². The van der Waals surface area contributed by atoms with Crippen LogP contribution in [0.15, 0.2) is 45.0 Å². The van der Waals surface area contributed by atoms with Gasteiger partial charge in [0.1, 0.15) is 16.3 Å². The molecule has 6 nitrogen and oxygen atoms in total. The molecule has 21 heavy (non-hydrogen) atoms. The van der Waals surface area contributed by atoms with E-state index in [0.29, 0.717) is 10.8 Å². The Balaban J connectivity index is 2.27. The minimum atomic E-state index is -3.76. The number of ether oxygens (including phenoxy) is 1. The summed E-state index contributed by atoms with van der Waals surface area (Å²) < 4.78 is 33.2. The Hall–Kier alpha value is -2.06. The largest absolute Gasteiger partial charge is 0.444 e. The van der Waals surface area contributed by atoms with Gasteiger partial charge in [-0.25, -0.2) is 0 Å². The zero-order valence-electron chi connectivity index (χ0n) is 11.6. The van der Waals surface area contributed by atoms with Gasteiger partial charge in [0.05, 0.1) is 5.69 Å². The van der Waals surface area contributed by atoms with Crippen LogP contribution in [0.5, 0.6) is 10.8 Å². The van der Waals surface area contributed by atoms with E-state index in [1.165, 1.54) is 17.3 Å². The van der Waals surface area contributed by atoms with Gasteiger partial charge in [-0.05, 0) is 18.2 Å². The van der Waals surface area contributed by atoms with E-state index in [0.717, 1.165) is 11.3 Å². The SMILES string of the molecule is CN(C)C=NS(=O)(=O)c1cc(N)c(Oc2ccccc2)s1. The lowest BCUT2D eigenvalue weighted by atomic mass is 10.3. The van der Waals surface area contributed by atoms with Gasteiger partial charge in [0.25, 0.3) is 10.0 Å². The number of nitrogen functional groups attached to an aromatic ring is 1. The summed E-state index contributed by atoms with van der Waals surface area (Å²) in [5.74, 6) is 0.590.